The number of esters is 2. The van der Waals surface area contributed by atoms with E-state index in [1.807, 2.05) is 13.8 Å². The highest BCUT2D eigenvalue weighted by atomic mass is 32.1. The van der Waals surface area contributed by atoms with Crippen LogP contribution >= 0.6 is 25.3 Å². The second kappa shape index (κ2) is 10.7. The van der Waals surface area contributed by atoms with Crippen LogP contribution in [-0.4, -0.2) is 22.2 Å². The van der Waals surface area contributed by atoms with Gasteiger partial charge in [0.05, 0.1) is 0 Å². The molecule has 0 saturated carbocycles. The maximum absolute atomic E-state index is 11.8. The van der Waals surface area contributed by atoms with Crippen LogP contribution in [-0.2, 0) is 24.6 Å². The first-order valence-electron chi connectivity index (χ1n) is 9.68. The molecule has 0 bridgehead atoms. The van der Waals surface area contributed by atoms with Crippen LogP contribution in [0, 0.1) is 0 Å². The number of carbonyl (C=O) groups is 4. The molecule has 8 heteroatoms. The number of carbonyl (C=O) groups excluding carboxylic acids is 4. The van der Waals surface area contributed by atoms with Crippen LogP contribution in [0.2, 0.25) is 0 Å². The zero-order valence-electron chi connectivity index (χ0n) is 18.2. The number of hydrogen-bond donors (Lipinski definition) is 2. The summed E-state index contributed by atoms with van der Waals surface area (Å²) in [5.41, 5.74) is 1.68. The normalized spacial score (nSPS) is 11.3. The molecule has 0 amide bonds. The Kier molecular flexibility index (Phi) is 8.46. The van der Waals surface area contributed by atoms with Crippen molar-refractivity contribution in [2.45, 2.75) is 39.5 Å². The Morgan fingerprint density at radius 1 is 0.969 bits per heavy atom. The first kappa shape index (κ1) is 25.4. The minimum absolute atomic E-state index is 0.139. The molecule has 168 valence electrons. The Morgan fingerprint density at radius 2 is 1.62 bits per heavy atom. The predicted molar refractivity (Wildman–Crippen MR) is 129 cm³/mol. The van der Waals surface area contributed by atoms with Crippen molar-refractivity contribution in [1.82, 2.24) is 0 Å². The van der Waals surface area contributed by atoms with Gasteiger partial charge in [0.25, 0.3) is 0 Å². The van der Waals surface area contributed by atoms with E-state index >= 15 is 0 Å². The Bertz CT molecular complexity index is 1100. The zero-order chi connectivity index (χ0) is 24.1. The molecule has 0 spiro atoms. The Morgan fingerprint density at radius 3 is 2.19 bits per heavy atom. The van der Waals surface area contributed by atoms with E-state index in [1.54, 1.807) is 36.4 Å². The lowest BCUT2D eigenvalue weighted by Crippen LogP contribution is -2.21. The summed E-state index contributed by atoms with van der Waals surface area (Å²) in [4.78, 5) is 46.4. The molecule has 0 N–H and O–H groups in total. The lowest BCUT2D eigenvalue weighted by molar-refractivity contribution is -0.132. The fraction of sp³-hybridized carbons (Fsp3) is 0.250. The summed E-state index contributed by atoms with van der Waals surface area (Å²) in [5.74, 6) is -0.512. The summed E-state index contributed by atoms with van der Waals surface area (Å²) in [6.45, 7) is 6.27. The summed E-state index contributed by atoms with van der Waals surface area (Å²) in [6, 6.07) is 10.4. The fourth-order valence-corrected chi connectivity index (χ4v) is 3.76. The first-order chi connectivity index (χ1) is 14.9. The van der Waals surface area contributed by atoms with E-state index in [0.717, 1.165) is 0 Å². The predicted octanol–water partition coefficient (Wildman–Crippen LogP) is 4.80. The highest BCUT2D eigenvalue weighted by Crippen LogP contribution is 2.41. The van der Waals surface area contributed by atoms with Crippen LogP contribution in [0.5, 0.6) is 11.5 Å². The monoisotopic (exact) mass is 472 g/mol. The lowest BCUT2D eigenvalue weighted by atomic mass is 9.80. The highest BCUT2D eigenvalue weighted by molar-refractivity contribution is 7.97. The third-order valence-electron chi connectivity index (χ3n) is 4.57. The third-order valence-corrected chi connectivity index (χ3v) is 4.87. The van der Waals surface area contributed by atoms with E-state index in [4.69, 9.17) is 9.47 Å². The molecule has 0 radical (unpaired) electrons. The number of ether oxygens (including phenoxy) is 2. The molecule has 2 aromatic carbocycles. The molecule has 2 rings (SSSR count). The van der Waals surface area contributed by atoms with Gasteiger partial charge >= 0.3 is 11.9 Å². The van der Waals surface area contributed by atoms with Crippen LogP contribution in [0.25, 0.3) is 17.2 Å². The molecule has 32 heavy (non-hydrogen) atoms. The second-order valence-electron chi connectivity index (χ2n) is 7.75. The van der Waals surface area contributed by atoms with Gasteiger partial charge in [-0.1, -0.05) is 44.2 Å². The van der Waals surface area contributed by atoms with Gasteiger partial charge in [-0.05, 0) is 23.8 Å². The van der Waals surface area contributed by atoms with Gasteiger partial charge in [0, 0.05) is 42.4 Å². The zero-order valence-corrected chi connectivity index (χ0v) is 20.0. The molecule has 0 aliphatic rings. The van der Waals surface area contributed by atoms with Gasteiger partial charge in [-0.15, -0.1) is 25.3 Å². The summed E-state index contributed by atoms with van der Waals surface area (Å²) < 4.78 is 10.9. The van der Waals surface area contributed by atoms with Gasteiger partial charge in [0.2, 0.25) is 5.12 Å². The third kappa shape index (κ3) is 6.83. The van der Waals surface area contributed by atoms with Crippen LogP contribution < -0.4 is 9.47 Å². The molecule has 0 atom stereocenters. The molecule has 0 aliphatic heterocycles. The van der Waals surface area contributed by atoms with Crippen LogP contribution in [0.1, 0.15) is 45.2 Å². The van der Waals surface area contributed by atoms with E-state index in [0.29, 0.717) is 22.3 Å². The molecular formula is C24H24O6S2. The summed E-state index contributed by atoms with van der Waals surface area (Å²) in [7, 11) is 0. The van der Waals surface area contributed by atoms with Crippen molar-refractivity contribution in [3.63, 3.8) is 0 Å². The SMILES string of the molecule is CC(=O)Oc1cc(-c2cccc(/C=C\C(=O)S)c2OC(C)=O)ccc1C(C)(C)CC(=O)S. The fourth-order valence-electron chi connectivity index (χ4n) is 3.29. The van der Waals surface area contributed by atoms with E-state index < -0.39 is 22.5 Å². The van der Waals surface area contributed by atoms with E-state index in [9.17, 15) is 19.2 Å². The van der Waals surface area contributed by atoms with E-state index in [-0.39, 0.29) is 23.0 Å². The topological polar surface area (TPSA) is 86.7 Å². The molecule has 0 aromatic heterocycles. The van der Waals surface area contributed by atoms with Gasteiger partial charge in [-0.2, -0.15) is 0 Å². The van der Waals surface area contributed by atoms with Crippen molar-refractivity contribution in [3.8, 4) is 22.6 Å². The summed E-state index contributed by atoms with van der Waals surface area (Å²) in [6.07, 6.45) is 2.89. The average molecular weight is 473 g/mol. The van der Waals surface area contributed by atoms with Crippen LogP contribution in [0.3, 0.4) is 0 Å². The minimum Gasteiger partial charge on any atom is -0.426 e. The minimum atomic E-state index is -0.640. The molecule has 0 saturated heterocycles. The quantitative estimate of drug-likeness (QED) is 0.248. The Hall–Kier alpha value is -2.84. The van der Waals surface area contributed by atoms with Crippen molar-refractivity contribution >= 4 is 53.5 Å². The van der Waals surface area contributed by atoms with Gasteiger partial charge in [0.15, 0.2) is 5.12 Å². The maximum atomic E-state index is 11.8. The first-order valence-corrected chi connectivity index (χ1v) is 10.6. The molecule has 0 heterocycles. The number of benzene rings is 2. The van der Waals surface area contributed by atoms with Gasteiger partial charge in [0.1, 0.15) is 11.5 Å². The van der Waals surface area contributed by atoms with E-state index in [1.165, 1.54) is 26.0 Å². The van der Waals surface area contributed by atoms with Gasteiger partial charge < -0.3 is 9.47 Å². The highest BCUT2D eigenvalue weighted by Gasteiger charge is 2.28. The Balaban J connectivity index is 2.70. The molecule has 2 aromatic rings. The molecule has 0 aliphatic carbocycles. The number of thiol groups is 2. The van der Waals surface area contributed by atoms with Crippen LogP contribution in [0.4, 0.5) is 0 Å². The van der Waals surface area contributed by atoms with E-state index in [2.05, 4.69) is 25.3 Å². The number of rotatable bonds is 8. The molecule has 0 unspecified atom stereocenters. The van der Waals surface area contributed by atoms with Crippen LogP contribution in [0.15, 0.2) is 42.5 Å². The molecular weight excluding hydrogens is 448 g/mol. The van der Waals surface area contributed by atoms with Crippen molar-refractivity contribution in [1.29, 1.82) is 0 Å². The number of para-hydroxylation sites is 1. The van der Waals surface area contributed by atoms with Crippen molar-refractivity contribution in [2.75, 3.05) is 0 Å². The van der Waals surface area contributed by atoms with Crippen molar-refractivity contribution < 1.29 is 28.7 Å². The average Bonchev–Trinajstić information content (AvgIpc) is 2.64. The van der Waals surface area contributed by atoms with Gasteiger partial charge in [-0.25, -0.2) is 0 Å². The standard InChI is InChI=1S/C24H24O6S2/c1-14(25)29-20-12-17(8-10-19(20)24(3,4)13-22(28)32)18-7-5-6-16(9-11-21(27)31)23(18)30-15(2)26/h5-12H,13H2,1-4H3,(H,27,31)(H,28,32)/b11-9-. The maximum Gasteiger partial charge on any atom is 0.308 e. The summed E-state index contributed by atoms with van der Waals surface area (Å²) >= 11 is 7.61. The number of hydrogen-bond acceptors (Lipinski definition) is 6. The summed E-state index contributed by atoms with van der Waals surface area (Å²) in [5, 5.41) is -0.741. The molecule has 6 nitrogen and oxygen atoms in total. The lowest BCUT2D eigenvalue weighted by Gasteiger charge is -2.26. The largest absolute Gasteiger partial charge is 0.426 e. The smallest absolute Gasteiger partial charge is 0.308 e. The van der Waals surface area contributed by atoms with Crippen molar-refractivity contribution in [3.05, 3.63) is 53.6 Å². The Labute approximate surface area is 197 Å². The second-order valence-corrected chi connectivity index (χ2v) is 8.69. The van der Waals surface area contributed by atoms with Crippen molar-refractivity contribution in [2.24, 2.45) is 0 Å². The van der Waals surface area contributed by atoms with Gasteiger partial charge in [-0.3, -0.25) is 19.2 Å². The molecule has 0 fully saturated rings.